The number of hydrogen-bond acceptors (Lipinski definition) is 6. The summed E-state index contributed by atoms with van der Waals surface area (Å²) in [6.45, 7) is -0.721. The van der Waals surface area contributed by atoms with E-state index >= 15 is 0 Å². The second-order valence-corrected chi connectivity index (χ2v) is 6.85. The van der Waals surface area contributed by atoms with Gasteiger partial charge >= 0.3 is 6.18 Å². The van der Waals surface area contributed by atoms with Gasteiger partial charge in [0, 0.05) is 23.9 Å². The first-order valence-electron chi connectivity index (χ1n) is 8.40. The number of hydrogen-bond donors (Lipinski definition) is 1. The number of nitrogens with zero attached hydrogens (tertiary/aromatic N) is 3. The zero-order valence-corrected chi connectivity index (χ0v) is 15.1. The summed E-state index contributed by atoms with van der Waals surface area (Å²) in [6.07, 6.45) is -3.39. The number of nitriles is 1. The number of carbonyl (C=O) groups is 2. The highest BCUT2D eigenvalue weighted by Crippen LogP contribution is 2.38. The molecule has 1 aliphatic heterocycles. The number of alkyl halides is 3. The molecule has 10 heteroatoms. The van der Waals surface area contributed by atoms with Gasteiger partial charge in [-0.2, -0.15) is 18.4 Å². The summed E-state index contributed by atoms with van der Waals surface area (Å²) in [5.41, 5.74) is -3.05. The van der Waals surface area contributed by atoms with E-state index in [-0.39, 0.29) is 24.5 Å². The molecule has 1 N–H and O–H groups in total. The molecule has 0 amide bonds. The first-order valence-corrected chi connectivity index (χ1v) is 8.40. The fourth-order valence-corrected chi connectivity index (χ4v) is 3.56. The Morgan fingerprint density at radius 1 is 1.24 bits per heavy atom. The number of aliphatic hydroxyl groups is 1. The van der Waals surface area contributed by atoms with Crippen LogP contribution in [0.5, 0.6) is 0 Å². The first kappa shape index (κ1) is 20.7. The number of anilines is 1. The van der Waals surface area contributed by atoms with Crippen molar-refractivity contribution < 1.29 is 32.3 Å². The Morgan fingerprint density at radius 2 is 1.93 bits per heavy atom. The molecule has 6 nitrogen and oxygen atoms in total. The lowest BCUT2D eigenvalue weighted by Crippen LogP contribution is -2.51. The van der Waals surface area contributed by atoms with E-state index in [1.54, 1.807) is 0 Å². The molecule has 29 heavy (non-hydrogen) atoms. The Balaban J connectivity index is 2.01. The average Bonchev–Trinajstić information content (AvgIpc) is 3.01. The van der Waals surface area contributed by atoms with Gasteiger partial charge in [-0.05, 0) is 31.3 Å². The Bertz CT molecular complexity index is 993. The van der Waals surface area contributed by atoms with Crippen molar-refractivity contribution in [2.24, 2.45) is 0 Å². The molecule has 1 unspecified atom stereocenters. The van der Waals surface area contributed by atoms with Gasteiger partial charge in [-0.25, -0.2) is 4.39 Å². The fraction of sp³-hybridized carbons (Fsp3) is 0.316. The molecule has 1 heterocycles. The standard InChI is InChI=1S/C19H15F4N3O3/c1-25-10-26(12-3-2-11(7-24)13(4-12)19(21,22)23)8-18(25,9-27)14-5-17(29)15(20)6-16(14)28/h2-6,27H,8-10H2,1H3. The maximum Gasteiger partial charge on any atom is 0.417 e. The van der Waals surface area contributed by atoms with Gasteiger partial charge < -0.3 is 10.0 Å². The van der Waals surface area contributed by atoms with Gasteiger partial charge in [0.1, 0.15) is 0 Å². The predicted molar refractivity (Wildman–Crippen MR) is 93.2 cm³/mol. The van der Waals surface area contributed by atoms with E-state index in [9.17, 15) is 32.3 Å². The highest BCUT2D eigenvalue weighted by Gasteiger charge is 2.49. The van der Waals surface area contributed by atoms with Crippen molar-refractivity contribution in [3.8, 4) is 6.07 Å². The van der Waals surface area contributed by atoms with Gasteiger partial charge in [-0.1, -0.05) is 0 Å². The smallest absolute Gasteiger partial charge is 0.394 e. The minimum Gasteiger partial charge on any atom is -0.394 e. The molecule has 0 spiro atoms. The SMILES string of the molecule is CN1CN(c2ccc(C#N)c(C(F)(F)F)c2)CC1(CO)C1=CC(=O)C(F)=CC1=O. The van der Waals surface area contributed by atoms with Crippen LogP contribution in [-0.2, 0) is 15.8 Å². The van der Waals surface area contributed by atoms with Gasteiger partial charge in [0.15, 0.2) is 11.6 Å². The third-order valence-electron chi connectivity index (χ3n) is 5.16. The van der Waals surface area contributed by atoms with Gasteiger partial charge in [0.25, 0.3) is 0 Å². The van der Waals surface area contributed by atoms with E-state index < -0.39 is 46.8 Å². The van der Waals surface area contributed by atoms with Crippen LogP contribution in [0.25, 0.3) is 0 Å². The Morgan fingerprint density at radius 3 is 2.52 bits per heavy atom. The molecule has 1 aromatic rings. The summed E-state index contributed by atoms with van der Waals surface area (Å²) in [6, 6.07) is 4.70. The van der Waals surface area contributed by atoms with Crippen molar-refractivity contribution in [2.75, 3.05) is 31.8 Å². The molecule has 0 radical (unpaired) electrons. The summed E-state index contributed by atoms with van der Waals surface area (Å²) < 4.78 is 53.2. The summed E-state index contributed by atoms with van der Waals surface area (Å²) in [5.74, 6) is -3.02. The van der Waals surface area contributed by atoms with Crippen LogP contribution < -0.4 is 4.90 Å². The van der Waals surface area contributed by atoms with Crippen LogP contribution in [0.2, 0.25) is 0 Å². The van der Waals surface area contributed by atoms with E-state index in [0.717, 1.165) is 18.2 Å². The average molecular weight is 409 g/mol. The predicted octanol–water partition coefficient (Wildman–Crippen LogP) is 1.95. The summed E-state index contributed by atoms with van der Waals surface area (Å²) in [5, 5.41) is 19.0. The van der Waals surface area contributed by atoms with E-state index in [4.69, 9.17) is 5.26 Å². The van der Waals surface area contributed by atoms with Crippen LogP contribution in [0.15, 0.2) is 41.8 Å². The normalized spacial score (nSPS) is 23.1. The molecule has 3 rings (SSSR count). The van der Waals surface area contributed by atoms with Crippen LogP contribution >= 0.6 is 0 Å². The lowest BCUT2D eigenvalue weighted by Gasteiger charge is -2.35. The van der Waals surface area contributed by atoms with Gasteiger partial charge in [0.2, 0.25) is 5.78 Å². The van der Waals surface area contributed by atoms with Crippen LogP contribution in [0.1, 0.15) is 11.1 Å². The molecule has 1 saturated heterocycles. The highest BCUT2D eigenvalue weighted by atomic mass is 19.4. The Kier molecular flexibility index (Phi) is 5.06. The largest absolute Gasteiger partial charge is 0.417 e. The quantitative estimate of drug-likeness (QED) is 0.607. The summed E-state index contributed by atoms with van der Waals surface area (Å²) in [7, 11) is 1.53. The van der Waals surface area contributed by atoms with E-state index in [2.05, 4.69) is 0 Å². The van der Waals surface area contributed by atoms with Gasteiger partial charge in [-0.15, -0.1) is 0 Å². The molecule has 152 valence electrons. The van der Waals surface area contributed by atoms with E-state index in [0.29, 0.717) is 6.08 Å². The third-order valence-corrected chi connectivity index (χ3v) is 5.16. The van der Waals surface area contributed by atoms with E-state index in [1.807, 2.05) is 0 Å². The lowest BCUT2D eigenvalue weighted by atomic mass is 9.83. The Labute approximate surface area is 162 Å². The molecule has 1 fully saturated rings. The zero-order valence-electron chi connectivity index (χ0n) is 15.1. The van der Waals surface area contributed by atoms with Crippen molar-refractivity contribution in [1.82, 2.24) is 4.90 Å². The number of ketones is 2. The van der Waals surface area contributed by atoms with Crippen LogP contribution in [0.4, 0.5) is 23.2 Å². The summed E-state index contributed by atoms with van der Waals surface area (Å²) in [4.78, 5) is 27.0. The number of benzene rings is 1. The van der Waals surface area contributed by atoms with Crippen molar-refractivity contribution in [2.45, 2.75) is 11.7 Å². The van der Waals surface area contributed by atoms with Crippen molar-refractivity contribution in [3.05, 3.63) is 52.9 Å². The zero-order chi connectivity index (χ0) is 21.6. The molecule has 1 aromatic carbocycles. The number of allylic oxidation sites excluding steroid dienone is 3. The second-order valence-electron chi connectivity index (χ2n) is 6.85. The topological polar surface area (TPSA) is 84.6 Å². The molecule has 0 bridgehead atoms. The van der Waals surface area contributed by atoms with Crippen LogP contribution in [0, 0.1) is 11.3 Å². The molecule has 1 atom stereocenters. The van der Waals surface area contributed by atoms with E-state index in [1.165, 1.54) is 29.0 Å². The van der Waals surface area contributed by atoms with Gasteiger partial charge in [-0.3, -0.25) is 14.5 Å². The van der Waals surface area contributed by atoms with Crippen molar-refractivity contribution >= 4 is 17.3 Å². The molecule has 0 saturated carbocycles. The van der Waals surface area contributed by atoms with Crippen molar-refractivity contribution in [3.63, 3.8) is 0 Å². The van der Waals surface area contributed by atoms with Crippen LogP contribution in [-0.4, -0.2) is 54.0 Å². The summed E-state index contributed by atoms with van der Waals surface area (Å²) >= 11 is 0. The number of carbonyl (C=O) groups excluding carboxylic acids is 2. The first-order chi connectivity index (χ1) is 13.5. The third kappa shape index (κ3) is 3.43. The van der Waals surface area contributed by atoms with Crippen molar-refractivity contribution in [1.29, 1.82) is 5.26 Å². The molecular formula is C19H15F4N3O3. The fourth-order valence-electron chi connectivity index (χ4n) is 3.56. The monoisotopic (exact) mass is 409 g/mol. The molecule has 2 aliphatic rings. The molecule has 1 aliphatic carbocycles. The number of rotatable bonds is 3. The molecule has 0 aromatic heterocycles. The number of aliphatic hydroxyl groups excluding tert-OH is 1. The maximum atomic E-state index is 13.4. The lowest BCUT2D eigenvalue weighted by molar-refractivity contribution is -0.137. The molecular weight excluding hydrogens is 394 g/mol. The Hall–Kier alpha value is -3.03. The van der Waals surface area contributed by atoms with Crippen LogP contribution in [0.3, 0.4) is 0 Å². The van der Waals surface area contributed by atoms with Gasteiger partial charge in [0.05, 0.1) is 36.0 Å². The second kappa shape index (κ2) is 7.09. The number of halogens is 4. The number of likely N-dealkylation sites (N-methyl/N-ethyl adjacent to an activating group) is 1. The minimum atomic E-state index is -4.74. The maximum absolute atomic E-state index is 13.4. The highest BCUT2D eigenvalue weighted by molar-refractivity contribution is 6.20. The minimum absolute atomic E-state index is 0.0226.